The molecule has 4 heterocycles. The minimum Gasteiger partial charge on any atom is -0.497 e. The Kier molecular flexibility index (Phi) is 11.9. The number of nitrogens with zero attached hydrogens (tertiary/aromatic N) is 5. The Morgan fingerprint density at radius 2 is 1.17 bits per heavy atom. The molecular weight excluding hydrogens is 661 g/mol. The van der Waals surface area contributed by atoms with Crippen LogP contribution in [-0.4, -0.2) is 80.3 Å². The third kappa shape index (κ3) is 9.64. The molecule has 14 nitrogen and oxygen atoms in total. The zero-order chi connectivity index (χ0) is 34.1. The average molecular weight is 703 g/mol. The lowest BCUT2D eigenvalue weighted by Crippen LogP contribution is -2.31. The van der Waals surface area contributed by atoms with Crippen LogP contribution in [0.1, 0.15) is 36.8 Å². The van der Waals surface area contributed by atoms with Gasteiger partial charge in [0, 0.05) is 38.7 Å². The van der Waals surface area contributed by atoms with E-state index in [1.165, 1.54) is 10.4 Å². The topological polar surface area (TPSA) is 170 Å². The average Bonchev–Trinajstić information content (AvgIpc) is 3.91. The van der Waals surface area contributed by atoms with Crippen molar-refractivity contribution in [2.75, 3.05) is 27.4 Å². The van der Waals surface area contributed by atoms with Gasteiger partial charge >= 0.3 is 0 Å². The number of hydrogen-bond acceptors (Lipinski definition) is 10. The fourth-order valence-electron chi connectivity index (χ4n) is 5.40. The molecule has 0 aliphatic carbocycles. The van der Waals surface area contributed by atoms with E-state index in [1.807, 2.05) is 48.5 Å². The molecule has 6 rings (SSSR count). The summed E-state index contributed by atoms with van der Waals surface area (Å²) in [6.07, 6.45) is 7.54. The lowest BCUT2D eigenvalue weighted by Gasteiger charge is -2.22. The summed E-state index contributed by atoms with van der Waals surface area (Å²) in [6, 6.07) is 17.7. The number of hydrogen-bond donors (Lipinski definition) is 1. The molecule has 48 heavy (non-hydrogen) atoms. The number of methoxy groups -OCH3 is 2. The zero-order valence-electron chi connectivity index (χ0n) is 27.0. The second-order valence-corrected chi connectivity index (χ2v) is 14.9. The fourth-order valence-corrected chi connectivity index (χ4v) is 7.21. The number of nitrogens with two attached hydrogens (primary N) is 1. The fraction of sp³-hybridized carbons (Fsp3) is 0.438. The van der Waals surface area contributed by atoms with E-state index in [1.54, 1.807) is 42.0 Å². The monoisotopic (exact) mass is 702 g/mol. The lowest BCUT2D eigenvalue weighted by atomic mass is 10.2. The molecule has 16 heteroatoms. The van der Waals surface area contributed by atoms with Crippen molar-refractivity contribution >= 4 is 20.0 Å². The predicted molar refractivity (Wildman–Crippen MR) is 176 cm³/mol. The van der Waals surface area contributed by atoms with Crippen LogP contribution in [0.2, 0.25) is 0 Å². The molecule has 2 N–H and O–H groups in total. The van der Waals surface area contributed by atoms with Gasteiger partial charge in [0.2, 0.25) is 0 Å². The summed E-state index contributed by atoms with van der Waals surface area (Å²) in [7, 11) is -4.33. The van der Waals surface area contributed by atoms with Crippen molar-refractivity contribution in [2.45, 2.75) is 74.1 Å². The van der Waals surface area contributed by atoms with Crippen LogP contribution in [-0.2, 0) is 55.7 Å². The molecule has 2 unspecified atom stereocenters. The van der Waals surface area contributed by atoms with E-state index >= 15 is 0 Å². The van der Waals surface area contributed by atoms with Gasteiger partial charge in [-0.15, -0.1) is 0 Å². The molecule has 2 fully saturated rings. The van der Waals surface area contributed by atoms with Crippen LogP contribution in [0.5, 0.6) is 11.5 Å². The van der Waals surface area contributed by atoms with Gasteiger partial charge in [0.25, 0.3) is 20.0 Å². The molecule has 2 atom stereocenters. The van der Waals surface area contributed by atoms with Crippen molar-refractivity contribution in [1.82, 2.24) is 23.9 Å². The summed E-state index contributed by atoms with van der Waals surface area (Å²) in [6.45, 7) is 3.05. The highest BCUT2D eigenvalue weighted by Crippen LogP contribution is 2.23. The third-order valence-electron chi connectivity index (χ3n) is 7.99. The molecule has 2 aliphatic rings. The number of primary sulfonamides is 1. The normalized spacial score (nSPS) is 18.1. The summed E-state index contributed by atoms with van der Waals surface area (Å²) in [5.74, 6) is 1.44. The van der Waals surface area contributed by atoms with E-state index < -0.39 is 20.0 Å². The molecule has 0 bridgehead atoms. The van der Waals surface area contributed by atoms with Crippen LogP contribution < -0.4 is 14.6 Å². The summed E-state index contributed by atoms with van der Waals surface area (Å²) in [5.41, 5.74) is 1.71. The molecule has 0 radical (unpaired) electrons. The highest BCUT2D eigenvalue weighted by molar-refractivity contribution is 7.89. The van der Waals surface area contributed by atoms with Crippen molar-refractivity contribution in [3.63, 3.8) is 0 Å². The van der Waals surface area contributed by atoms with E-state index in [9.17, 15) is 16.8 Å². The van der Waals surface area contributed by atoms with Crippen LogP contribution in [0.25, 0.3) is 0 Å². The zero-order valence-corrected chi connectivity index (χ0v) is 28.7. The Morgan fingerprint density at radius 3 is 1.54 bits per heavy atom. The molecule has 2 aromatic carbocycles. The molecule has 4 aromatic rings. The van der Waals surface area contributed by atoms with Crippen molar-refractivity contribution < 1.29 is 35.8 Å². The number of aromatic nitrogens is 4. The number of sulfonamides is 2. The lowest BCUT2D eigenvalue weighted by molar-refractivity contribution is 0.0935. The van der Waals surface area contributed by atoms with E-state index in [-0.39, 0.29) is 35.3 Å². The molecule has 2 aromatic heterocycles. The molecular formula is C32H42N6O8S2. The summed E-state index contributed by atoms with van der Waals surface area (Å²) < 4.78 is 75.3. The van der Waals surface area contributed by atoms with Crippen LogP contribution in [0.3, 0.4) is 0 Å². The number of ether oxygens (including phenoxy) is 4. The van der Waals surface area contributed by atoms with Crippen molar-refractivity contribution in [2.24, 2.45) is 5.14 Å². The van der Waals surface area contributed by atoms with Gasteiger partial charge in [-0.2, -0.15) is 14.5 Å². The first-order valence-corrected chi connectivity index (χ1v) is 18.6. The summed E-state index contributed by atoms with van der Waals surface area (Å²) in [4.78, 5) is 0. The summed E-state index contributed by atoms with van der Waals surface area (Å²) >= 11 is 0. The highest BCUT2D eigenvalue weighted by Gasteiger charge is 2.28. The smallest absolute Gasteiger partial charge is 0.262 e. The van der Waals surface area contributed by atoms with E-state index in [0.717, 1.165) is 61.5 Å². The van der Waals surface area contributed by atoms with Crippen LogP contribution >= 0.6 is 0 Å². The van der Waals surface area contributed by atoms with E-state index in [2.05, 4.69) is 10.2 Å². The first kappa shape index (κ1) is 35.5. The molecule has 2 saturated heterocycles. The van der Waals surface area contributed by atoms with Gasteiger partial charge < -0.3 is 18.9 Å². The first-order valence-electron chi connectivity index (χ1n) is 15.6. The highest BCUT2D eigenvalue weighted by atomic mass is 32.2. The van der Waals surface area contributed by atoms with Crippen molar-refractivity contribution in [3.8, 4) is 11.5 Å². The van der Waals surface area contributed by atoms with Gasteiger partial charge in [-0.3, -0.25) is 9.36 Å². The van der Waals surface area contributed by atoms with Gasteiger partial charge in [0.1, 0.15) is 11.5 Å². The number of rotatable bonds is 13. The van der Waals surface area contributed by atoms with Crippen LogP contribution in [0.4, 0.5) is 0 Å². The Labute approximate surface area is 281 Å². The second kappa shape index (κ2) is 16.1. The Bertz CT molecular complexity index is 1760. The largest absolute Gasteiger partial charge is 0.497 e. The second-order valence-electron chi connectivity index (χ2n) is 11.5. The maximum absolute atomic E-state index is 13.6. The van der Waals surface area contributed by atoms with Gasteiger partial charge in [-0.1, -0.05) is 24.3 Å². The Morgan fingerprint density at radius 1 is 0.729 bits per heavy atom. The molecule has 0 spiro atoms. The van der Waals surface area contributed by atoms with Crippen molar-refractivity contribution in [3.05, 3.63) is 84.2 Å². The standard InChI is InChI=1S/C24H29N3O5S.C8H13N3O3S/c1-30-21-9-5-19(6-10-21)16-27(17-20-7-11-22(31-2)12-8-20)33(28,29)24-13-14-26(25-24)18-23-4-3-15-32-23;9-15(12,13)8-3-4-11(10-8)6-7-2-1-5-14-7/h5-14,23H,3-4,15-18H2,1-2H3;3-4,7H,1-2,5-6H2,(H2,9,12,13). The molecule has 260 valence electrons. The van der Waals surface area contributed by atoms with Gasteiger partial charge in [-0.25, -0.2) is 22.0 Å². The SMILES string of the molecule is COc1ccc(CN(Cc2ccc(OC)cc2)S(=O)(=O)c2ccn(CC3CCCO3)n2)cc1.NS(=O)(=O)c1ccn(CC2CCCO2)n1. The third-order valence-corrected chi connectivity index (χ3v) is 10.5. The van der Waals surface area contributed by atoms with E-state index in [4.69, 9.17) is 24.1 Å². The minimum atomic E-state index is -3.84. The Balaban J connectivity index is 0.000000250. The predicted octanol–water partition coefficient (Wildman–Crippen LogP) is 3.18. The van der Waals surface area contributed by atoms with Crippen LogP contribution in [0, 0.1) is 0 Å². The minimum absolute atomic E-state index is 0.0301. The van der Waals surface area contributed by atoms with E-state index in [0.29, 0.717) is 13.1 Å². The van der Waals surface area contributed by atoms with Crippen molar-refractivity contribution in [1.29, 1.82) is 0 Å². The van der Waals surface area contributed by atoms with Gasteiger partial charge in [-0.05, 0) is 73.2 Å². The molecule has 0 saturated carbocycles. The molecule has 2 aliphatic heterocycles. The first-order chi connectivity index (χ1) is 23.0. The Hall–Kier alpha value is -3.80. The number of benzene rings is 2. The maximum Gasteiger partial charge on any atom is 0.262 e. The van der Waals surface area contributed by atoms with Gasteiger partial charge in [0.05, 0.1) is 39.5 Å². The van der Waals surface area contributed by atoms with Gasteiger partial charge in [0.15, 0.2) is 10.1 Å². The maximum atomic E-state index is 13.6. The summed E-state index contributed by atoms with van der Waals surface area (Å²) in [5, 5.41) is 13.1. The molecule has 0 amide bonds. The quantitative estimate of drug-likeness (QED) is 0.218. The van der Waals surface area contributed by atoms with Crippen LogP contribution in [0.15, 0.2) is 83.1 Å².